The van der Waals surface area contributed by atoms with Crippen LogP contribution in [0.4, 0.5) is 0 Å². The number of allylic oxidation sites excluding steroid dienone is 8. The predicted octanol–water partition coefficient (Wildman–Crippen LogP) is 2.23. The Morgan fingerprint density at radius 3 is 1.64 bits per heavy atom. The van der Waals surface area contributed by atoms with Crippen LogP contribution in [0.3, 0.4) is 0 Å². The Kier molecular flexibility index (Phi) is 3.11. The second-order valence-electron chi connectivity index (χ2n) is 2.67. The topological polar surface area (TPSA) is 0 Å². The van der Waals surface area contributed by atoms with E-state index in [1.807, 2.05) is 0 Å². The molecule has 2 aliphatic rings. The Morgan fingerprint density at radius 2 is 1.27 bits per heavy atom. The summed E-state index contributed by atoms with van der Waals surface area (Å²) in [6, 6.07) is 0. The van der Waals surface area contributed by atoms with Gasteiger partial charge in [-0.3, -0.25) is 0 Å². The van der Waals surface area contributed by atoms with E-state index in [1.54, 1.807) is 0 Å². The molecule has 0 aliphatic heterocycles. The van der Waals surface area contributed by atoms with E-state index < -0.39 is 0 Å². The van der Waals surface area contributed by atoms with Crippen molar-refractivity contribution >= 4 is 9.52 Å². The summed E-state index contributed by atoms with van der Waals surface area (Å²) in [5.41, 5.74) is 2.70. The van der Waals surface area contributed by atoms with Crippen LogP contribution < -0.4 is 0 Å². The first kappa shape index (κ1) is 8.28. The van der Waals surface area contributed by atoms with Gasteiger partial charge in [0.2, 0.25) is 0 Å². The van der Waals surface area contributed by atoms with E-state index in [1.165, 1.54) is 11.1 Å². The van der Waals surface area contributed by atoms with E-state index in [2.05, 4.69) is 49.6 Å². The van der Waals surface area contributed by atoms with Gasteiger partial charge in [-0.1, -0.05) is 49.6 Å². The molecule has 2 rings (SSSR count). The van der Waals surface area contributed by atoms with Crippen LogP contribution in [-0.4, -0.2) is 9.52 Å². The lowest BCUT2D eigenvalue weighted by Crippen LogP contribution is -1.67. The van der Waals surface area contributed by atoms with Crippen molar-refractivity contribution in [2.45, 2.75) is 13.1 Å². The molecule has 0 fully saturated rings. The van der Waals surface area contributed by atoms with Gasteiger partial charge < -0.3 is 0 Å². The smallest absolute Gasteiger partial charge is 0.0135 e. The van der Waals surface area contributed by atoms with Gasteiger partial charge in [0.05, 0.1) is 0 Å². The minimum Gasteiger partial charge on any atom is -0.0750 e. The van der Waals surface area contributed by atoms with E-state index in [0.29, 0.717) is 9.52 Å². The molecule has 0 N–H and O–H groups in total. The summed E-state index contributed by atoms with van der Waals surface area (Å²) in [6.45, 7) is 4.53. The number of hydrogen-bond acceptors (Lipinski definition) is 0. The maximum Gasteiger partial charge on any atom is 0.0135 e. The van der Waals surface area contributed by atoms with Gasteiger partial charge in [0.1, 0.15) is 0 Å². The second-order valence-corrected chi connectivity index (χ2v) is 4.08. The lowest BCUT2D eigenvalue weighted by molar-refractivity contribution is 1.69. The van der Waals surface area contributed by atoms with Crippen LogP contribution in [0.1, 0.15) is 0 Å². The zero-order chi connectivity index (χ0) is 8.10. The first-order valence-corrected chi connectivity index (χ1v) is 6.98. The molecule has 0 nitrogen and oxygen atoms in total. The molecule has 0 atom stereocenters. The molecule has 0 aromatic carbocycles. The molecule has 2 aliphatic carbocycles. The van der Waals surface area contributed by atoms with Crippen LogP contribution in [0.5, 0.6) is 0 Å². The Balaban J connectivity index is 0.000000179. The second kappa shape index (κ2) is 4.14. The lowest BCUT2D eigenvalue weighted by Gasteiger charge is -1.85. The summed E-state index contributed by atoms with van der Waals surface area (Å²) in [7, 11) is 0.417. The average molecular weight is 162 g/mol. The van der Waals surface area contributed by atoms with Crippen molar-refractivity contribution in [3.8, 4) is 0 Å². The molecule has 0 saturated heterocycles. The van der Waals surface area contributed by atoms with Crippen LogP contribution in [-0.2, 0) is 0 Å². The zero-order valence-electron chi connectivity index (χ0n) is 7.17. The fraction of sp³-hybridized carbons (Fsp3) is 0.200. The SMILES string of the molecule is C1=CC2=CC=CC2=C1.C[SiH2]C. The molecule has 0 amide bonds. The molecule has 0 bridgehead atoms. The summed E-state index contributed by atoms with van der Waals surface area (Å²) in [6.07, 6.45) is 12.6. The molecule has 58 valence electrons. The molecule has 0 radical (unpaired) electrons. The van der Waals surface area contributed by atoms with Crippen molar-refractivity contribution in [3.05, 3.63) is 47.6 Å². The van der Waals surface area contributed by atoms with E-state index in [0.717, 1.165) is 0 Å². The van der Waals surface area contributed by atoms with Gasteiger partial charge in [-0.25, -0.2) is 0 Å². The highest BCUT2D eigenvalue weighted by Crippen LogP contribution is 2.23. The molecule has 11 heavy (non-hydrogen) atoms. The summed E-state index contributed by atoms with van der Waals surface area (Å²) in [5, 5.41) is 0. The van der Waals surface area contributed by atoms with Gasteiger partial charge in [0, 0.05) is 9.52 Å². The van der Waals surface area contributed by atoms with E-state index in [-0.39, 0.29) is 0 Å². The van der Waals surface area contributed by atoms with Crippen LogP contribution in [0.2, 0.25) is 13.1 Å². The third kappa shape index (κ3) is 2.05. The van der Waals surface area contributed by atoms with Gasteiger partial charge in [0.15, 0.2) is 0 Å². The number of fused-ring (bicyclic) bond motifs is 1. The molecular formula is C10H14Si. The quantitative estimate of drug-likeness (QED) is 0.479. The minimum atomic E-state index is 0.417. The van der Waals surface area contributed by atoms with Crippen molar-refractivity contribution < 1.29 is 0 Å². The van der Waals surface area contributed by atoms with Crippen molar-refractivity contribution in [1.82, 2.24) is 0 Å². The maximum atomic E-state index is 2.26. The molecular weight excluding hydrogens is 148 g/mol. The Hall–Kier alpha value is -0.823. The highest BCUT2D eigenvalue weighted by Gasteiger charge is 2.04. The average Bonchev–Trinajstić information content (AvgIpc) is 2.44. The number of hydrogen-bond donors (Lipinski definition) is 0. The first-order chi connectivity index (χ1) is 5.38. The van der Waals surface area contributed by atoms with E-state index in [4.69, 9.17) is 0 Å². The molecule has 0 aromatic heterocycles. The van der Waals surface area contributed by atoms with Crippen molar-refractivity contribution in [3.63, 3.8) is 0 Å². The van der Waals surface area contributed by atoms with Crippen LogP contribution in [0, 0.1) is 0 Å². The molecule has 0 heterocycles. The monoisotopic (exact) mass is 162 g/mol. The Labute approximate surface area is 70.8 Å². The molecule has 0 saturated carbocycles. The van der Waals surface area contributed by atoms with Crippen molar-refractivity contribution in [1.29, 1.82) is 0 Å². The summed E-state index contributed by atoms with van der Waals surface area (Å²) < 4.78 is 0. The standard InChI is InChI=1S/C8H6.C2H8Si/c1-3-7-5-2-6-8(7)4-1;1-3-2/h1-6H;3H2,1-2H3. The first-order valence-electron chi connectivity index (χ1n) is 4.15. The zero-order valence-corrected chi connectivity index (χ0v) is 8.59. The van der Waals surface area contributed by atoms with Crippen LogP contribution >= 0.6 is 0 Å². The fourth-order valence-corrected chi connectivity index (χ4v) is 1.01. The lowest BCUT2D eigenvalue weighted by atomic mass is 10.2. The third-order valence-electron chi connectivity index (χ3n) is 1.44. The highest BCUT2D eigenvalue weighted by atomic mass is 28.2. The van der Waals surface area contributed by atoms with Crippen LogP contribution in [0.25, 0.3) is 0 Å². The van der Waals surface area contributed by atoms with Crippen LogP contribution in [0.15, 0.2) is 47.6 Å². The fourth-order valence-electron chi connectivity index (χ4n) is 1.01. The largest absolute Gasteiger partial charge is 0.0750 e. The van der Waals surface area contributed by atoms with Crippen molar-refractivity contribution in [2.75, 3.05) is 0 Å². The van der Waals surface area contributed by atoms with Gasteiger partial charge in [0.25, 0.3) is 0 Å². The maximum absolute atomic E-state index is 2.26. The molecule has 0 unspecified atom stereocenters. The molecule has 1 heteroatoms. The third-order valence-corrected chi connectivity index (χ3v) is 1.44. The summed E-state index contributed by atoms with van der Waals surface area (Å²) in [4.78, 5) is 0. The normalized spacial score (nSPS) is 16.9. The molecule has 0 spiro atoms. The Bertz CT molecular complexity index is 216. The van der Waals surface area contributed by atoms with Gasteiger partial charge in [-0.05, 0) is 11.1 Å². The molecule has 0 aromatic rings. The Morgan fingerprint density at radius 1 is 0.909 bits per heavy atom. The summed E-state index contributed by atoms with van der Waals surface area (Å²) in [5.74, 6) is 0. The predicted molar refractivity (Wildman–Crippen MR) is 54.7 cm³/mol. The number of rotatable bonds is 0. The van der Waals surface area contributed by atoms with Crippen molar-refractivity contribution in [2.24, 2.45) is 0 Å². The van der Waals surface area contributed by atoms with E-state index in [9.17, 15) is 0 Å². The van der Waals surface area contributed by atoms with E-state index >= 15 is 0 Å². The highest BCUT2D eigenvalue weighted by molar-refractivity contribution is 6.31. The van der Waals surface area contributed by atoms with Gasteiger partial charge >= 0.3 is 0 Å². The minimum absolute atomic E-state index is 0.417. The summed E-state index contributed by atoms with van der Waals surface area (Å²) >= 11 is 0. The van der Waals surface area contributed by atoms with Gasteiger partial charge in [-0.2, -0.15) is 0 Å². The van der Waals surface area contributed by atoms with Gasteiger partial charge in [-0.15, -0.1) is 0 Å².